The summed E-state index contributed by atoms with van der Waals surface area (Å²) in [6.45, 7) is 7.56. The van der Waals surface area contributed by atoms with Crippen molar-refractivity contribution in [2.24, 2.45) is 0 Å². The number of nitrogens with one attached hydrogen (secondary N) is 1. The number of para-hydroxylation sites is 1. The third-order valence-electron chi connectivity index (χ3n) is 2.60. The topological polar surface area (TPSA) is 24.9 Å². The van der Waals surface area contributed by atoms with Crippen LogP contribution in [0.25, 0.3) is 10.2 Å². The van der Waals surface area contributed by atoms with E-state index in [1.807, 2.05) is 7.05 Å². The highest BCUT2D eigenvalue weighted by Crippen LogP contribution is 2.32. The molecule has 0 bridgehead atoms. The zero-order valence-corrected chi connectivity index (χ0v) is 11.1. The largest absolute Gasteiger partial charge is 0.314 e. The molecule has 0 aliphatic heterocycles. The highest BCUT2D eigenvalue weighted by molar-refractivity contribution is 7.18. The van der Waals surface area contributed by atoms with Crippen molar-refractivity contribution in [1.29, 1.82) is 0 Å². The van der Waals surface area contributed by atoms with Crippen LogP contribution in [0.2, 0.25) is 0 Å². The molecule has 1 aromatic heterocycles. The molecule has 2 rings (SSSR count). The van der Waals surface area contributed by atoms with E-state index in [1.165, 1.54) is 15.8 Å². The van der Waals surface area contributed by atoms with Gasteiger partial charge < -0.3 is 5.32 Å². The first-order valence-corrected chi connectivity index (χ1v) is 6.37. The van der Waals surface area contributed by atoms with Crippen LogP contribution in [-0.2, 0) is 12.0 Å². The normalized spacial score (nSPS) is 12.2. The molecule has 0 amide bonds. The molecule has 1 heterocycles. The van der Waals surface area contributed by atoms with Crippen molar-refractivity contribution in [3.63, 3.8) is 0 Å². The van der Waals surface area contributed by atoms with Crippen molar-refractivity contribution in [2.75, 3.05) is 7.05 Å². The van der Waals surface area contributed by atoms with E-state index in [0.717, 1.165) is 11.6 Å². The van der Waals surface area contributed by atoms with Gasteiger partial charge in [-0.3, -0.25) is 0 Å². The van der Waals surface area contributed by atoms with E-state index in [9.17, 15) is 0 Å². The molecule has 1 aromatic carbocycles. The van der Waals surface area contributed by atoms with Gasteiger partial charge in [0, 0.05) is 6.54 Å². The van der Waals surface area contributed by atoms with E-state index in [2.05, 4.69) is 44.3 Å². The van der Waals surface area contributed by atoms with Gasteiger partial charge in [0.05, 0.1) is 10.2 Å². The van der Waals surface area contributed by atoms with Crippen LogP contribution in [0.3, 0.4) is 0 Å². The van der Waals surface area contributed by atoms with E-state index in [0.29, 0.717) is 0 Å². The van der Waals surface area contributed by atoms with E-state index < -0.39 is 0 Å². The molecule has 0 saturated carbocycles. The van der Waals surface area contributed by atoms with Gasteiger partial charge in [-0.15, -0.1) is 11.3 Å². The third kappa shape index (κ3) is 2.11. The Labute approximate surface area is 101 Å². The Hall–Kier alpha value is -0.930. The minimum Gasteiger partial charge on any atom is -0.314 e. The third-order valence-corrected chi connectivity index (χ3v) is 3.62. The lowest BCUT2D eigenvalue weighted by Crippen LogP contribution is -2.11. The number of nitrogens with zero attached hydrogens (tertiary/aromatic N) is 1. The van der Waals surface area contributed by atoms with Crippen molar-refractivity contribution in [3.05, 3.63) is 28.8 Å². The van der Waals surface area contributed by atoms with Crippen LogP contribution in [0.4, 0.5) is 0 Å². The Morgan fingerprint density at radius 3 is 2.69 bits per heavy atom. The number of fused-ring (bicyclic) bond motifs is 1. The fourth-order valence-electron chi connectivity index (χ4n) is 1.83. The monoisotopic (exact) mass is 234 g/mol. The van der Waals surface area contributed by atoms with E-state index >= 15 is 0 Å². The molecule has 2 aromatic rings. The summed E-state index contributed by atoms with van der Waals surface area (Å²) in [5.41, 5.74) is 2.67. The standard InChI is InChI=1S/C13H18N2S/c1-13(2,3)9-6-5-7-10-12(9)15-11(16-10)8-14-4/h5-7,14H,8H2,1-4H3. The molecule has 0 saturated heterocycles. The summed E-state index contributed by atoms with van der Waals surface area (Å²) in [6, 6.07) is 6.47. The van der Waals surface area contributed by atoms with Gasteiger partial charge in [-0.1, -0.05) is 32.9 Å². The van der Waals surface area contributed by atoms with Crippen molar-refractivity contribution in [2.45, 2.75) is 32.7 Å². The average molecular weight is 234 g/mol. The summed E-state index contributed by atoms with van der Waals surface area (Å²) in [7, 11) is 1.96. The lowest BCUT2D eigenvalue weighted by atomic mass is 9.86. The number of rotatable bonds is 2. The fourth-order valence-corrected chi connectivity index (χ4v) is 2.83. The highest BCUT2D eigenvalue weighted by Gasteiger charge is 2.18. The summed E-state index contributed by atoms with van der Waals surface area (Å²) in [5, 5.41) is 4.31. The zero-order valence-electron chi connectivity index (χ0n) is 10.3. The molecule has 3 heteroatoms. The van der Waals surface area contributed by atoms with Crippen LogP contribution >= 0.6 is 11.3 Å². The number of hydrogen-bond donors (Lipinski definition) is 1. The Balaban J connectivity index is 2.59. The predicted molar refractivity (Wildman–Crippen MR) is 71.1 cm³/mol. The van der Waals surface area contributed by atoms with Gasteiger partial charge in [0.1, 0.15) is 5.01 Å². The van der Waals surface area contributed by atoms with Gasteiger partial charge in [0.15, 0.2) is 0 Å². The van der Waals surface area contributed by atoms with Crippen molar-refractivity contribution >= 4 is 21.6 Å². The summed E-state index contributed by atoms with van der Waals surface area (Å²) < 4.78 is 1.29. The Morgan fingerprint density at radius 1 is 1.31 bits per heavy atom. The molecule has 0 aliphatic carbocycles. The van der Waals surface area contributed by atoms with E-state index in [-0.39, 0.29) is 5.41 Å². The molecule has 2 nitrogen and oxygen atoms in total. The predicted octanol–water partition coefficient (Wildman–Crippen LogP) is 3.31. The maximum Gasteiger partial charge on any atom is 0.108 e. The molecule has 1 N–H and O–H groups in total. The molecule has 0 fully saturated rings. The maximum atomic E-state index is 4.72. The first-order valence-electron chi connectivity index (χ1n) is 5.56. The SMILES string of the molecule is CNCc1nc2c(C(C)(C)C)cccc2s1. The van der Waals surface area contributed by atoms with Crippen LogP contribution in [0.1, 0.15) is 31.3 Å². The van der Waals surface area contributed by atoms with Crippen LogP contribution in [0, 0.1) is 0 Å². The molecule has 0 spiro atoms. The van der Waals surface area contributed by atoms with Crippen molar-refractivity contribution in [1.82, 2.24) is 10.3 Å². The maximum absolute atomic E-state index is 4.72. The Morgan fingerprint density at radius 2 is 2.06 bits per heavy atom. The van der Waals surface area contributed by atoms with Crippen LogP contribution < -0.4 is 5.32 Å². The quantitative estimate of drug-likeness (QED) is 0.862. The average Bonchev–Trinajstić information content (AvgIpc) is 2.58. The summed E-state index contributed by atoms with van der Waals surface area (Å²) in [5.74, 6) is 0. The van der Waals surface area contributed by atoms with Crippen LogP contribution in [-0.4, -0.2) is 12.0 Å². The smallest absolute Gasteiger partial charge is 0.108 e. The van der Waals surface area contributed by atoms with E-state index in [4.69, 9.17) is 4.98 Å². The van der Waals surface area contributed by atoms with Crippen molar-refractivity contribution < 1.29 is 0 Å². The number of benzene rings is 1. The Bertz CT molecular complexity index is 494. The molecular formula is C13H18N2S. The van der Waals surface area contributed by atoms with Crippen LogP contribution in [0.5, 0.6) is 0 Å². The van der Waals surface area contributed by atoms with Gasteiger partial charge in [-0.05, 0) is 24.1 Å². The van der Waals surface area contributed by atoms with Gasteiger partial charge in [-0.25, -0.2) is 4.98 Å². The summed E-state index contributed by atoms with van der Waals surface area (Å²) in [6.07, 6.45) is 0. The summed E-state index contributed by atoms with van der Waals surface area (Å²) in [4.78, 5) is 4.72. The molecule has 16 heavy (non-hydrogen) atoms. The zero-order chi connectivity index (χ0) is 11.8. The number of hydrogen-bond acceptors (Lipinski definition) is 3. The molecule has 0 radical (unpaired) electrons. The first-order chi connectivity index (χ1) is 7.52. The minimum absolute atomic E-state index is 0.157. The van der Waals surface area contributed by atoms with Gasteiger partial charge >= 0.3 is 0 Å². The second-order valence-corrected chi connectivity index (χ2v) is 6.16. The van der Waals surface area contributed by atoms with Crippen LogP contribution in [0.15, 0.2) is 18.2 Å². The molecule has 86 valence electrons. The van der Waals surface area contributed by atoms with Gasteiger partial charge in [0.2, 0.25) is 0 Å². The lowest BCUT2D eigenvalue weighted by molar-refractivity contribution is 0.594. The van der Waals surface area contributed by atoms with Gasteiger partial charge in [0.25, 0.3) is 0 Å². The first kappa shape index (κ1) is 11.6. The molecular weight excluding hydrogens is 216 g/mol. The summed E-state index contributed by atoms with van der Waals surface area (Å²) >= 11 is 1.78. The molecule has 0 atom stereocenters. The van der Waals surface area contributed by atoms with Crippen molar-refractivity contribution in [3.8, 4) is 0 Å². The lowest BCUT2D eigenvalue weighted by Gasteiger charge is -2.19. The van der Waals surface area contributed by atoms with E-state index in [1.54, 1.807) is 11.3 Å². The Kier molecular flexibility index (Phi) is 3.00. The number of aromatic nitrogens is 1. The molecule has 0 aliphatic rings. The highest BCUT2D eigenvalue weighted by atomic mass is 32.1. The fraction of sp³-hybridized carbons (Fsp3) is 0.462. The minimum atomic E-state index is 0.157. The second kappa shape index (κ2) is 4.15. The van der Waals surface area contributed by atoms with Gasteiger partial charge in [-0.2, -0.15) is 0 Å². The molecule has 0 unspecified atom stereocenters. The second-order valence-electron chi connectivity index (χ2n) is 5.04. The number of thiazole rings is 1.